The van der Waals surface area contributed by atoms with Crippen LogP contribution in [0.3, 0.4) is 0 Å². The Morgan fingerprint density at radius 2 is 1.91 bits per heavy atom. The maximum Gasteiger partial charge on any atom is 0.247 e. The van der Waals surface area contributed by atoms with Gasteiger partial charge in [0.1, 0.15) is 23.8 Å². The Bertz CT molecular complexity index is 1030. The third-order valence-electron chi connectivity index (χ3n) is 5.60. The quantitative estimate of drug-likeness (QED) is 0.396. The Kier molecular flexibility index (Phi) is 9.43. The number of halogens is 2. The van der Waals surface area contributed by atoms with E-state index in [-0.39, 0.29) is 44.3 Å². The second-order valence-corrected chi connectivity index (χ2v) is 9.11. The number of hydrogen-bond donors (Lipinski definition) is 3. The molecule has 0 bridgehead atoms. The van der Waals surface area contributed by atoms with E-state index in [2.05, 4.69) is 27.9 Å². The summed E-state index contributed by atoms with van der Waals surface area (Å²) < 4.78 is 20.3. The van der Waals surface area contributed by atoms with Crippen LogP contribution in [-0.2, 0) is 16.1 Å². The van der Waals surface area contributed by atoms with E-state index >= 15 is 0 Å². The molecule has 2 amide bonds. The lowest BCUT2D eigenvalue weighted by Crippen LogP contribution is -2.54. The molecule has 7 nitrogen and oxygen atoms in total. The molecule has 0 radical (unpaired) electrons. The van der Waals surface area contributed by atoms with Gasteiger partial charge in [-0.1, -0.05) is 31.2 Å². The molecule has 1 aliphatic rings. The molecule has 1 aliphatic carbocycles. The van der Waals surface area contributed by atoms with Crippen LogP contribution in [0.25, 0.3) is 0 Å². The molecule has 182 valence electrons. The molecule has 0 unspecified atom stereocenters. The van der Waals surface area contributed by atoms with Crippen LogP contribution in [0.2, 0.25) is 0 Å². The molecule has 0 aromatic heterocycles. The summed E-state index contributed by atoms with van der Waals surface area (Å²) >= 11 is 2.12. The van der Waals surface area contributed by atoms with Crippen molar-refractivity contribution < 1.29 is 28.9 Å². The van der Waals surface area contributed by atoms with Crippen molar-refractivity contribution in [3.8, 4) is 5.75 Å². The average Bonchev–Trinajstić information content (AvgIpc) is 2.84. The second kappa shape index (κ2) is 12.3. The van der Waals surface area contributed by atoms with E-state index in [1.165, 1.54) is 17.0 Å². The van der Waals surface area contributed by atoms with Crippen molar-refractivity contribution in [1.82, 2.24) is 10.2 Å². The van der Waals surface area contributed by atoms with E-state index in [9.17, 15) is 19.1 Å². The van der Waals surface area contributed by atoms with Gasteiger partial charge in [-0.25, -0.2) is 4.39 Å². The maximum absolute atomic E-state index is 13.4. The number of nitrogens with one attached hydrogen (secondary N) is 1. The topological polar surface area (TPSA) is 99.1 Å². The van der Waals surface area contributed by atoms with Crippen molar-refractivity contribution >= 4 is 34.4 Å². The lowest BCUT2D eigenvalue weighted by atomic mass is 9.87. The van der Waals surface area contributed by atoms with Gasteiger partial charge in [0, 0.05) is 31.5 Å². The van der Waals surface area contributed by atoms with Crippen LogP contribution in [-0.4, -0.2) is 58.3 Å². The minimum atomic E-state index is -1.11. The van der Waals surface area contributed by atoms with E-state index in [0.29, 0.717) is 16.9 Å². The van der Waals surface area contributed by atoms with Gasteiger partial charge >= 0.3 is 0 Å². The Balaban J connectivity index is 1.95. The van der Waals surface area contributed by atoms with Crippen LogP contribution < -0.4 is 10.1 Å². The first-order chi connectivity index (χ1) is 16.3. The monoisotopic (exact) mass is 582 g/mol. The number of amides is 2. The molecular formula is C25H28FIN2O5. The second-order valence-electron chi connectivity index (χ2n) is 7.95. The van der Waals surface area contributed by atoms with Crippen LogP contribution in [0, 0.1) is 9.39 Å². The Morgan fingerprint density at radius 1 is 1.21 bits per heavy atom. The van der Waals surface area contributed by atoms with Crippen molar-refractivity contribution in [1.29, 1.82) is 0 Å². The number of carbonyl (C=O) groups is 2. The fraction of sp³-hybridized carbons (Fsp3) is 0.360. The summed E-state index contributed by atoms with van der Waals surface area (Å²) in [6.45, 7) is 1.74. The van der Waals surface area contributed by atoms with Crippen molar-refractivity contribution in [3.63, 3.8) is 0 Å². The summed E-state index contributed by atoms with van der Waals surface area (Å²) in [4.78, 5) is 27.2. The van der Waals surface area contributed by atoms with Crippen LogP contribution in [0.15, 0.2) is 60.2 Å². The van der Waals surface area contributed by atoms with Gasteiger partial charge < -0.3 is 25.2 Å². The predicted octanol–water partition coefficient (Wildman–Crippen LogP) is 2.78. The van der Waals surface area contributed by atoms with Gasteiger partial charge in [0.05, 0.1) is 16.2 Å². The summed E-state index contributed by atoms with van der Waals surface area (Å²) in [6.07, 6.45) is -0.116. The van der Waals surface area contributed by atoms with Gasteiger partial charge in [-0.05, 0) is 58.5 Å². The molecule has 2 aromatic carbocycles. The van der Waals surface area contributed by atoms with E-state index in [1.807, 2.05) is 18.2 Å². The van der Waals surface area contributed by atoms with Gasteiger partial charge in [-0.15, -0.1) is 0 Å². The lowest BCUT2D eigenvalue weighted by Gasteiger charge is -2.40. The number of carbonyl (C=O) groups excluding carboxylic acids is 2. The molecule has 34 heavy (non-hydrogen) atoms. The molecule has 0 saturated heterocycles. The molecule has 3 N–H and O–H groups in total. The number of benzene rings is 2. The van der Waals surface area contributed by atoms with Crippen LogP contribution in [0.1, 0.15) is 25.3 Å². The largest absolute Gasteiger partial charge is 0.482 e. The van der Waals surface area contributed by atoms with Crippen molar-refractivity contribution in [2.45, 2.75) is 44.6 Å². The van der Waals surface area contributed by atoms with Gasteiger partial charge in [0.15, 0.2) is 0 Å². The number of aliphatic hydroxyl groups excluding tert-OH is 2. The predicted molar refractivity (Wildman–Crippen MR) is 133 cm³/mol. The first kappa shape index (κ1) is 26.1. The first-order valence-corrected chi connectivity index (χ1v) is 12.1. The van der Waals surface area contributed by atoms with Crippen LogP contribution in [0.5, 0.6) is 5.75 Å². The van der Waals surface area contributed by atoms with Crippen LogP contribution >= 0.6 is 22.6 Å². The molecular weight excluding hydrogens is 554 g/mol. The zero-order chi connectivity index (χ0) is 24.7. The third-order valence-corrected chi connectivity index (χ3v) is 6.49. The zero-order valence-electron chi connectivity index (χ0n) is 18.8. The number of para-hydroxylation sites is 1. The number of aliphatic hydroxyl groups is 2. The Labute approximate surface area is 211 Å². The highest BCUT2D eigenvalue weighted by Crippen LogP contribution is 2.30. The number of nitrogens with zero attached hydrogens (tertiary/aromatic N) is 1. The minimum absolute atomic E-state index is 0.0820. The summed E-state index contributed by atoms with van der Waals surface area (Å²) in [7, 11) is 0. The number of ether oxygens (including phenoxy) is 1. The maximum atomic E-state index is 13.4. The zero-order valence-corrected chi connectivity index (χ0v) is 20.9. The Hall–Kier alpha value is -2.50. The highest BCUT2D eigenvalue weighted by molar-refractivity contribution is 14.1. The third kappa shape index (κ3) is 6.55. The summed E-state index contributed by atoms with van der Waals surface area (Å²) in [5, 5.41) is 23.0. The standard InChI is InChI=1S/C25H28FIN2O5/c1-2-23(31)29(15-16-7-9-18(26)10-8-16)20-13-17(25(33)28-11-12-30)14-22(24(20)32)34-21-6-4-3-5-19(21)27/h3-10,14,20,22,24,30,32H,2,11-13,15H2,1H3,(H,28,33)/t20-,22+,24+/m1/s1. The molecule has 0 heterocycles. The summed E-state index contributed by atoms with van der Waals surface area (Å²) in [5.74, 6) is -0.441. The highest BCUT2D eigenvalue weighted by Gasteiger charge is 2.40. The van der Waals surface area contributed by atoms with E-state index in [4.69, 9.17) is 9.84 Å². The van der Waals surface area contributed by atoms with Gasteiger partial charge in [-0.2, -0.15) is 0 Å². The van der Waals surface area contributed by atoms with E-state index in [0.717, 1.165) is 3.57 Å². The van der Waals surface area contributed by atoms with Crippen molar-refractivity contribution in [2.75, 3.05) is 13.2 Å². The fourth-order valence-electron chi connectivity index (χ4n) is 3.85. The minimum Gasteiger partial charge on any atom is -0.482 e. The lowest BCUT2D eigenvalue weighted by molar-refractivity contribution is -0.139. The van der Waals surface area contributed by atoms with Gasteiger partial charge in [0.25, 0.3) is 0 Å². The smallest absolute Gasteiger partial charge is 0.247 e. The van der Waals surface area contributed by atoms with E-state index < -0.39 is 24.2 Å². The SMILES string of the molecule is CCC(=O)N(Cc1ccc(F)cc1)[C@@H]1CC(C(=O)NCCO)=C[C@H](Oc2ccccc2I)[C@H]1O. The summed E-state index contributed by atoms with van der Waals surface area (Å²) in [6, 6.07) is 12.4. The molecule has 2 aromatic rings. The average molecular weight is 582 g/mol. The first-order valence-electron chi connectivity index (χ1n) is 11.1. The Morgan fingerprint density at radius 3 is 2.56 bits per heavy atom. The number of hydrogen-bond acceptors (Lipinski definition) is 5. The summed E-state index contributed by atoms with van der Waals surface area (Å²) in [5.41, 5.74) is 1.05. The van der Waals surface area contributed by atoms with Crippen molar-refractivity contribution in [3.05, 3.63) is 75.1 Å². The molecule has 0 fully saturated rings. The van der Waals surface area contributed by atoms with Gasteiger partial charge in [0.2, 0.25) is 11.8 Å². The number of rotatable bonds is 9. The van der Waals surface area contributed by atoms with E-state index in [1.54, 1.807) is 31.2 Å². The van der Waals surface area contributed by atoms with Gasteiger partial charge in [-0.3, -0.25) is 9.59 Å². The highest BCUT2D eigenvalue weighted by atomic mass is 127. The fourth-order valence-corrected chi connectivity index (χ4v) is 4.36. The molecule has 3 rings (SSSR count). The molecule has 3 atom stereocenters. The molecule has 0 aliphatic heterocycles. The van der Waals surface area contributed by atoms with Crippen molar-refractivity contribution in [2.24, 2.45) is 0 Å². The molecule has 0 spiro atoms. The normalized spacial score (nSPS) is 19.8. The van der Waals surface area contributed by atoms with Crippen LogP contribution in [0.4, 0.5) is 4.39 Å². The molecule has 9 heteroatoms. The molecule has 0 saturated carbocycles.